The number of hydrogen-bond donors (Lipinski definition) is 1. The van der Waals surface area contributed by atoms with Gasteiger partial charge in [0.15, 0.2) is 0 Å². The largest absolute Gasteiger partial charge is 0.301 e. The van der Waals surface area contributed by atoms with E-state index in [4.69, 9.17) is 4.84 Å². The maximum Gasteiger partial charge on any atom is 0.0701 e. The predicted molar refractivity (Wildman–Crippen MR) is 60.4 cm³/mol. The molecule has 0 spiro atoms. The number of fused-ring (bicyclic) bond motifs is 1. The van der Waals surface area contributed by atoms with Crippen LogP contribution in [0.3, 0.4) is 0 Å². The second-order valence-electron chi connectivity index (χ2n) is 3.91. The van der Waals surface area contributed by atoms with Gasteiger partial charge >= 0.3 is 0 Å². The molecular formula is C13H13NO. The number of benzene rings is 2. The zero-order chi connectivity index (χ0) is 10.1. The Kier molecular flexibility index (Phi) is 2.16. The Hall–Kier alpha value is -1.38. The highest BCUT2D eigenvalue weighted by Gasteiger charge is 2.16. The van der Waals surface area contributed by atoms with Gasteiger partial charge in [0, 0.05) is 0 Å². The molecule has 1 aliphatic rings. The Bertz CT molecular complexity index is 475. The Morgan fingerprint density at radius 1 is 1.07 bits per heavy atom. The normalized spacial score (nSPS) is 20.9. The lowest BCUT2D eigenvalue weighted by atomic mass is 10.0. The molecule has 2 heteroatoms. The Morgan fingerprint density at radius 3 is 2.73 bits per heavy atom. The summed E-state index contributed by atoms with van der Waals surface area (Å²) in [4.78, 5) is 5.17. The van der Waals surface area contributed by atoms with E-state index < -0.39 is 0 Å². The van der Waals surface area contributed by atoms with Crippen LogP contribution in [0.1, 0.15) is 18.0 Å². The van der Waals surface area contributed by atoms with Gasteiger partial charge in [-0.15, -0.1) is 0 Å². The second-order valence-corrected chi connectivity index (χ2v) is 3.91. The van der Waals surface area contributed by atoms with Crippen molar-refractivity contribution in [2.45, 2.75) is 12.5 Å². The van der Waals surface area contributed by atoms with Gasteiger partial charge in [0.25, 0.3) is 0 Å². The molecule has 1 fully saturated rings. The van der Waals surface area contributed by atoms with Crippen LogP contribution in [-0.4, -0.2) is 6.61 Å². The summed E-state index contributed by atoms with van der Waals surface area (Å²) in [5.41, 5.74) is 4.35. The van der Waals surface area contributed by atoms with E-state index in [1.54, 1.807) is 0 Å². The molecule has 0 bridgehead atoms. The summed E-state index contributed by atoms with van der Waals surface area (Å²) in [6.07, 6.45) is 1.05. The second kappa shape index (κ2) is 3.65. The highest BCUT2D eigenvalue weighted by atomic mass is 16.7. The molecule has 0 aromatic heterocycles. The summed E-state index contributed by atoms with van der Waals surface area (Å²) < 4.78 is 0. The van der Waals surface area contributed by atoms with E-state index in [9.17, 15) is 0 Å². The van der Waals surface area contributed by atoms with Crippen molar-refractivity contribution in [2.75, 3.05) is 6.61 Å². The maximum absolute atomic E-state index is 5.17. The van der Waals surface area contributed by atoms with E-state index in [0.717, 1.165) is 13.0 Å². The van der Waals surface area contributed by atoms with Crippen molar-refractivity contribution in [2.24, 2.45) is 0 Å². The topological polar surface area (TPSA) is 21.3 Å². The minimum atomic E-state index is 0.356. The van der Waals surface area contributed by atoms with Gasteiger partial charge in [-0.2, -0.15) is 5.48 Å². The first kappa shape index (κ1) is 8.89. The molecule has 2 aromatic rings. The summed E-state index contributed by atoms with van der Waals surface area (Å²) >= 11 is 0. The summed E-state index contributed by atoms with van der Waals surface area (Å²) in [5.74, 6) is 0. The molecule has 2 nitrogen and oxygen atoms in total. The fraction of sp³-hybridized carbons (Fsp3) is 0.231. The smallest absolute Gasteiger partial charge is 0.0701 e. The molecule has 0 amide bonds. The molecule has 1 N–H and O–H groups in total. The average molecular weight is 199 g/mol. The summed E-state index contributed by atoms with van der Waals surface area (Å²) in [5, 5.41) is 2.59. The number of hydrogen-bond acceptors (Lipinski definition) is 2. The van der Waals surface area contributed by atoms with Crippen LogP contribution < -0.4 is 5.48 Å². The van der Waals surface area contributed by atoms with Crippen molar-refractivity contribution in [1.82, 2.24) is 5.48 Å². The lowest BCUT2D eigenvalue weighted by molar-refractivity contribution is 0.0883. The van der Waals surface area contributed by atoms with Gasteiger partial charge in [-0.3, -0.25) is 0 Å². The molecule has 1 atom stereocenters. The molecule has 76 valence electrons. The third-order valence-corrected chi connectivity index (χ3v) is 2.91. The Labute approximate surface area is 88.8 Å². The van der Waals surface area contributed by atoms with Crippen molar-refractivity contribution < 1.29 is 4.84 Å². The minimum absolute atomic E-state index is 0.356. The molecule has 15 heavy (non-hydrogen) atoms. The average Bonchev–Trinajstić information content (AvgIpc) is 2.82. The van der Waals surface area contributed by atoms with Crippen LogP contribution in [-0.2, 0) is 4.84 Å². The van der Waals surface area contributed by atoms with Crippen molar-refractivity contribution >= 4 is 10.8 Å². The molecule has 1 saturated heterocycles. The van der Waals surface area contributed by atoms with Crippen LogP contribution >= 0.6 is 0 Å². The molecule has 1 unspecified atom stereocenters. The van der Waals surface area contributed by atoms with Gasteiger partial charge < -0.3 is 4.84 Å². The van der Waals surface area contributed by atoms with E-state index in [-0.39, 0.29) is 0 Å². The molecule has 0 aliphatic carbocycles. The summed E-state index contributed by atoms with van der Waals surface area (Å²) in [6, 6.07) is 15.4. The van der Waals surface area contributed by atoms with E-state index in [1.807, 2.05) is 0 Å². The maximum atomic E-state index is 5.17. The van der Waals surface area contributed by atoms with E-state index in [2.05, 4.69) is 47.9 Å². The monoisotopic (exact) mass is 199 g/mol. The number of hydroxylamine groups is 1. The van der Waals surface area contributed by atoms with E-state index >= 15 is 0 Å². The van der Waals surface area contributed by atoms with Gasteiger partial charge in [-0.1, -0.05) is 36.4 Å². The van der Waals surface area contributed by atoms with Crippen LogP contribution in [0.25, 0.3) is 10.8 Å². The summed E-state index contributed by atoms with van der Waals surface area (Å²) in [6.45, 7) is 0.803. The van der Waals surface area contributed by atoms with Gasteiger partial charge in [-0.05, 0) is 28.8 Å². The molecular weight excluding hydrogens is 186 g/mol. The van der Waals surface area contributed by atoms with E-state index in [0.29, 0.717) is 6.04 Å². The van der Waals surface area contributed by atoms with Crippen LogP contribution in [0.4, 0.5) is 0 Å². The predicted octanol–water partition coefficient (Wildman–Crippen LogP) is 2.81. The van der Waals surface area contributed by atoms with Crippen LogP contribution in [0.2, 0.25) is 0 Å². The van der Waals surface area contributed by atoms with Crippen LogP contribution in [0, 0.1) is 0 Å². The Balaban J connectivity index is 2.05. The van der Waals surface area contributed by atoms with Crippen LogP contribution in [0.5, 0.6) is 0 Å². The van der Waals surface area contributed by atoms with Crippen molar-refractivity contribution in [3.05, 3.63) is 48.0 Å². The molecule has 3 rings (SSSR count). The molecule has 1 aliphatic heterocycles. The standard InChI is InChI=1S/C13H13NO/c1-2-4-11-9-12(6-5-10(11)3-1)13-7-8-15-14-13/h1-6,9,13-14H,7-8H2. The highest BCUT2D eigenvalue weighted by Crippen LogP contribution is 2.24. The Morgan fingerprint density at radius 2 is 1.93 bits per heavy atom. The first-order valence-corrected chi connectivity index (χ1v) is 5.29. The molecule has 1 heterocycles. The first-order valence-electron chi connectivity index (χ1n) is 5.29. The van der Waals surface area contributed by atoms with Gasteiger partial charge in [0.2, 0.25) is 0 Å². The summed E-state index contributed by atoms with van der Waals surface area (Å²) in [7, 11) is 0. The molecule has 0 radical (unpaired) electrons. The molecule has 2 aromatic carbocycles. The van der Waals surface area contributed by atoms with Crippen molar-refractivity contribution in [3.63, 3.8) is 0 Å². The lowest BCUT2D eigenvalue weighted by Crippen LogP contribution is -2.11. The zero-order valence-electron chi connectivity index (χ0n) is 8.44. The fourth-order valence-corrected chi connectivity index (χ4v) is 2.05. The van der Waals surface area contributed by atoms with E-state index in [1.165, 1.54) is 16.3 Å². The lowest BCUT2D eigenvalue weighted by Gasteiger charge is -2.09. The van der Waals surface area contributed by atoms with Crippen molar-refractivity contribution in [3.8, 4) is 0 Å². The third-order valence-electron chi connectivity index (χ3n) is 2.91. The third kappa shape index (κ3) is 1.62. The zero-order valence-corrected chi connectivity index (χ0v) is 8.44. The van der Waals surface area contributed by atoms with Gasteiger partial charge in [0.05, 0.1) is 12.6 Å². The quantitative estimate of drug-likeness (QED) is 0.762. The van der Waals surface area contributed by atoms with Gasteiger partial charge in [-0.25, -0.2) is 0 Å². The van der Waals surface area contributed by atoms with Crippen molar-refractivity contribution in [1.29, 1.82) is 0 Å². The minimum Gasteiger partial charge on any atom is -0.301 e. The van der Waals surface area contributed by atoms with Crippen LogP contribution in [0.15, 0.2) is 42.5 Å². The highest BCUT2D eigenvalue weighted by molar-refractivity contribution is 5.83. The SMILES string of the molecule is c1ccc2cc(C3CCON3)ccc2c1. The number of rotatable bonds is 1. The number of nitrogens with one attached hydrogen (secondary N) is 1. The molecule has 0 saturated carbocycles. The van der Waals surface area contributed by atoms with Gasteiger partial charge in [0.1, 0.15) is 0 Å². The fourth-order valence-electron chi connectivity index (χ4n) is 2.05. The first-order chi connectivity index (χ1) is 7.43.